The number of hydrogen-bond donors (Lipinski definition) is 1. The summed E-state index contributed by atoms with van der Waals surface area (Å²) >= 11 is 0. The third-order valence-electron chi connectivity index (χ3n) is 2.97. The molecule has 0 aromatic carbocycles. The molecule has 0 heterocycles. The van der Waals surface area contributed by atoms with Gasteiger partial charge in [0.25, 0.3) is 0 Å². The lowest BCUT2D eigenvalue weighted by Gasteiger charge is -2.27. The molecule has 0 bridgehead atoms. The molecule has 0 spiro atoms. The molecule has 0 radical (unpaired) electrons. The van der Waals surface area contributed by atoms with Crippen molar-refractivity contribution < 1.29 is 0 Å². The molecule has 0 rings (SSSR count). The molecule has 0 aromatic rings. The molecule has 0 amide bonds. The van der Waals surface area contributed by atoms with Gasteiger partial charge in [-0.2, -0.15) is 0 Å². The molecule has 2 heteroatoms. The lowest BCUT2D eigenvalue weighted by atomic mass is 10.0. The van der Waals surface area contributed by atoms with Gasteiger partial charge in [-0.15, -0.1) is 0 Å². The van der Waals surface area contributed by atoms with Crippen LogP contribution in [0.4, 0.5) is 0 Å². The van der Waals surface area contributed by atoms with Crippen molar-refractivity contribution in [3.63, 3.8) is 0 Å². The van der Waals surface area contributed by atoms with E-state index in [0.29, 0.717) is 12.1 Å². The first-order valence-electron chi connectivity index (χ1n) is 5.84. The van der Waals surface area contributed by atoms with Crippen LogP contribution in [-0.4, -0.2) is 37.6 Å². The highest BCUT2D eigenvalue weighted by molar-refractivity contribution is 4.67. The Bertz CT molecular complexity index is 134. The summed E-state index contributed by atoms with van der Waals surface area (Å²) in [5.74, 6) is 0.800. The van der Waals surface area contributed by atoms with Gasteiger partial charge in [0.05, 0.1) is 0 Å². The molecular formula is C12H28N2. The SMILES string of the molecule is CNC(C)CCN(C)C(C)CC(C)C. The maximum absolute atomic E-state index is 3.27. The summed E-state index contributed by atoms with van der Waals surface area (Å²) in [4.78, 5) is 2.47. The second kappa shape index (κ2) is 7.24. The smallest absolute Gasteiger partial charge is 0.00663 e. The van der Waals surface area contributed by atoms with Crippen molar-refractivity contribution in [3.05, 3.63) is 0 Å². The fourth-order valence-corrected chi connectivity index (χ4v) is 1.62. The average molecular weight is 200 g/mol. The number of hydrogen-bond acceptors (Lipinski definition) is 2. The van der Waals surface area contributed by atoms with Crippen LogP contribution in [0, 0.1) is 5.92 Å². The Kier molecular flexibility index (Phi) is 7.20. The van der Waals surface area contributed by atoms with Crippen molar-refractivity contribution in [2.75, 3.05) is 20.6 Å². The van der Waals surface area contributed by atoms with E-state index in [0.717, 1.165) is 5.92 Å². The van der Waals surface area contributed by atoms with Gasteiger partial charge >= 0.3 is 0 Å². The van der Waals surface area contributed by atoms with Crippen molar-refractivity contribution >= 4 is 0 Å². The molecule has 0 aliphatic heterocycles. The van der Waals surface area contributed by atoms with Crippen LogP contribution < -0.4 is 5.32 Å². The molecule has 2 atom stereocenters. The molecule has 0 saturated carbocycles. The van der Waals surface area contributed by atoms with E-state index >= 15 is 0 Å². The van der Waals surface area contributed by atoms with Gasteiger partial charge in [0, 0.05) is 12.1 Å². The van der Waals surface area contributed by atoms with Crippen LogP contribution in [-0.2, 0) is 0 Å². The maximum atomic E-state index is 3.27. The normalized spacial score (nSPS) is 16.3. The van der Waals surface area contributed by atoms with E-state index < -0.39 is 0 Å². The highest BCUT2D eigenvalue weighted by Gasteiger charge is 2.11. The molecule has 0 fully saturated rings. The predicted octanol–water partition coefficient (Wildman–Crippen LogP) is 2.35. The summed E-state index contributed by atoms with van der Waals surface area (Å²) < 4.78 is 0. The van der Waals surface area contributed by atoms with Gasteiger partial charge in [0.2, 0.25) is 0 Å². The quantitative estimate of drug-likeness (QED) is 0.678. The molecule has 14 heavy (non-hydrogen) atoms. The van der Waals surface area contributed by atoms with Gasteiger partial charge in [-0.05, 0) is 53.2 Å². The summed E-state index contributed by atoms with van der Waals surface area (Å²) in [6.07, 6.45) is 2.53. The first-order chi connectivity index (χ1) is 6.47. The van der Waals surface area contributed by atoms with Gasteiger partial charge in [-0.3, -0.25) is 0 Å². The Balaban J connectivity index is 3.66. The third kappa shape index (κ3) is 6.39. The Labute approximate surface area is 90.1 Å². The van der Waals surface area contributed by atoms with E-state index in [2.05, 4.69) is 45.0 Å². The van der Waals surface area contributed by atoms with E-state index in [9.17, 15) is 0 Å². The van der Waals surface area contributed by atoms with E-state index in [1.54, 1.807) is 0 Å². The van der Waals surface area contributed by atoms with Gasteiger partial charge in [0.15, 0.2) is 0 Å². The van der Waals surface area contributed by atoms with Gasteiger partial charge < -0.3 is 10.2 Å². The minimum Gasteiger partial charge on any atom is -0.317 e. The van der Waals surface area contributed by atoms with Crippen LogP contribution in [0.2, 0.25) is 0 Å². The van der Waals surface area contributed by atoms with E-state index in [1.165, 1.54) is 19.4 Å². The number of rotatable bonds is 7. The largest absolute Gasteiger partial charge is 0.317 e. The summed E-state index contributed by atoms with van der Waals surface area (Å²) in [5, 5.41) is 3.27. The van der Waals surface area contributed by atoms with Crippen molar-refractivity contribution in [1.29, 1.82) is 0 Å². The standard InChI is InChI=1S/C12H28N2/c1-10(2)9-12(4)14(6)8-7-11(3)13-5/h10-13H,7-9H2,1-6H3. The molecule has 0 saturated heterocycles. The molecule has 2 unspecified atom stereocenters. The van der Waals surface area contributed by atoms with Crippen molar-refractivity contribution in [2.24, 2.45) is 5.92 Å². The summed E-state index contributed by atoms with van der Waals surface area (Å²) in [6, 6.07) is 1.34. The van der Waals surface area contributed by atoms with Crippen LogP contribution in [0.25, 0.3) is 0 Å². The maximum Gasteiger partial charge on any atom is 0.00663 e. The monoisotopic (exact) mass is 200 g/mol. The average Bonchev–Trinajstić information content (AvgIpc) is 2.12. The van der Waals surface area contributed by atoms with Crippen molar-refractivity contribution in [2.45, 2.75) is 52.6 Å². The minimum absolute atomic E-state index is 0.628. The van der Waals surface area contributed by atoms with Crippen LogP contribution >= 0.6 is 0 Å². The Morgan fingerprint density at radius 2 is 1.71 bits per heavy atom. The highest BCUT2D eigenvalue weighted by atomic mass is 15.1. The summed E-state index contributed by atoms with van der Waals surface area (Å²) in [6.45, 7) is 10.3. The van der Waals surface area contributed by atoms with Gasteiger partial charge in [0.1, 0.15) is 0 Å². The zero-order valence-electron chi connectivity index (χ0n) is 10.8. The Hall–Kier alpha value is -0.0800. The van der Waals surface area contributed by atoms with Crippen LogP contribution in [0.1, 0.15) is 40.5 Å². The molecule has 0 aliphatic rings. The molecular weight excluding hydrogens is 172 g/mol. The first-order valence-corrected chi connectivity index (χ1v) is 5.84. The van der Waals surface area contributed by atoms with Crippen LogP contribution in [0.15, 0.2) is 0 Å². The molecule has 0 aromatic heterocycles. The zero-order chi connectivity index (χ0) is 11.1. The summed E-state index contributed by atoms with van der Waals surface area (Å²) in [7, 11) is 4.26. The summed E-state index contributed by atoms with van der Waals surface area (Å²) in [5.41, 5.74) is 0. The minimum atomic E-state index is 0.628. The Morgan fingerprint density at radius 1 is 1.14 bits per heavy atom. The lowest BCUT2D eigenvalue weighted by Crippen LogP contribution is -2.34. The third-order valence-corrected chi connectivity index (χ3v) is 2.97. The van der Waals surface area contributed by atoms with Gasteiger partial charge in [-0.25, -0.2) is 0 Å². The zero-order valence-corrected chi connectivity index (χ0v) is 10.8. The van der Waals surface area contributed by atoms with E-state index in [4.69, 9.17) is 0 Å². The van der Waals surface area contributed by atoms with Crippen molar-refractivity contribution in [1.82, 2.24) is 10.2 Å². The van der Waals surface area contributed by atoms with E-state index in [-0.39, 0.29) is 0 Å². The molecule has 86 valence electrons. The van der Waals surface area contributed by atoms with Gasteiger partial charge in [-0.1, -0.05) is 13.8 Å². The second-order valence-corrected chi connectivity index (χ2v) is 4.94. The first kappa shape index (κ1) is 13.9. The van der Waals surface area contributed by atoms with Crippen LogP contribution in [0.5, 0.6) is 0 Å². The second-order valence-electron chi connectivity index (χ2n) is 4.94. The lowest BCUT2D eigenvalue weighted by molar-refractivity contribution is 0.219. The fraction of sp³-hybridized carbons (Fsp3) is 1.00. The molecule has 2 nitrogen and oxygen atoms in total. The van der Waals surface area contributed by atoms with E-state index in [1.807, 2.05) is 7.05 Å². The highest BCUT2D eigenvalue weighted by Crippen LogP contribution is 2.10. The predicted molar refractivity (Wildman–Crippen MR) is 64.7 cm³/mol. The van der Waals surface area contributed by atoms with Crippen LogP contribution in [0.3, 0.4) is 0 Å². The molecule has 1 N–H and O–H groups in total. The van der Waals surface area contributed by atoms with Crippen molar-refractivity contribution in [3.8, 4) is 0 Å². The fourth-order valence-electron chi connectivity index (χ4n) is 1.62. The number of nitrogens with zero attached hydrogens (tertiary/aromatic N) is 1. The number of nitrogens with one attached hydrogen (secondary N) is 1. The topological polar surface area (TPSA) is 15.3 Å². The molecule has 0 aliphatic carbocycles. The Morgan fingerprint density at radius 3 is 2.14 bits per heavy atom.